The van der Waals surface area contributed by atoms with Gasteiger partial charge in [-0.15, -0.1) is 17.9 Å². The molecule has 0 amide bonds. The van der Waals surface area contributed by atoms with Crippen LogP contribution in [-0.4, -0.2) is 18.9 Å². The van der Waals surface area contributed by atoms with Crippen LogP contribution in [0.5, 0.6) is 0 Å². The predicted molar refractivity (Wildman–Crippen MR) is 135 cm³/mol. The van der Waals surface area contributed by atoms with E-state index >= 15 is 0 Å². The zero-order valence-corrected chi connectivity index (χ0v) is 19.5. The molecule has 0 atom stereocenters. The number of thioether (sulfide) groups is 1. The van der Waals surface area contributed by atoms with Gasteiger partial charge in [0.1, 0.15) is 10.5 Å². The number of thiophene rings is 1. The Bertz CT molecular complexity index is 1620. The second-order valence-corrected chi connectivity index (χ2v) is 9.40. The van der Waals surface area contributed by atoms with E-state index in [4.69, 9.17) is 4.98 Å². The fourth-order valence-corrected chi connectivity index (χ4v) is 5.60. The van der Waals surface area contributed by atoms with Crippen LogP contribution in [0.1, 0.15) is 11.3 Å². The van der Waals surface area contributed by atoms with Crippen LogP contribution in [0.25, 0.3) is 27.0 Å². The molecule has 0 saturated carbocycles. The van der Waals surface area contributed by atoms with Gasteiger partial charge in [-0.25, -0.2) is 9.97 Å². The van der Waals surface area contributed by atoms with Gasteiger partial charge in [-0.05, 0) is 24.1 Å². The maximum absolute atomic E-state index is 13.5. The van der Waals surface area contributed by atoms with E-state index in [1.807, 2.05) is 54.8 Å². The molecule has 5 aromatic rings. The second kappa shape index (κ2) is 8.80. The Labute approximate surface area is 197 Å². The lowest BCUT2D eigenvalue weighted by atomic mass is 10.1. The summed E-state index contributed by atoms with van der Waals surface area (Å²) in [5.74, 6) is 0.422. The standard InChI is InChI=1S/C25H20N4O2S2/c1-3-11-28-24(31)22-19(17-7-5-4-6-8-17)15-32-23(22)27-25(28)33-14-18-12-21(30)29-13-16(2)9-10-20(29)26-18/h3-10,12-13,15H,1,11,14H2,2H3. The third-order valence-electron chi connectivity index (χ3n) is 5.26. The van der Waals surface area contributed by atoms with Crippen molar-refractivity contribution >= 4 is 39.0 Å². The van der Waals surface area contributed by atoms with E-state index in [1.54, 1.807) is 16.8 Å². The van der Waals surface area contributed by atoms with Crippen molar-refractivity contribution in [1.29, 1.82) is 0 Å². The molecule has 0 bridgehead atoms. The monoisotopic (exact) mass is 472 g/mol. The molecule has 5 rings (SSSR count). The average Bonchev–Trinajstić information content (AvgIpc) is 3.25. The van der Waals surface area contributed by atoms with Crippen LogP contribution in [-0.2, 0) is 12.3 Å². The average molecular weight is 473 g/mol. The number of allylic oxidation sites excluding steroid dienone is 1. The van der Waals surface area contributed by atoms with Crippen molar-refractivity contribution in [2.45, 2.75) is 24.4 Å². The first kappa shape index (κ1) is 21.4. The van der Waals surface area contributed by atoms with Crippen molar-refractivity contribution < 1.29 is 0 Å². The van der Waals surface area contributed by atoms with E-state index in [0.29, 0.717) is 39.0 Å². The number of benzene rings is 1. The second-order valence-electron chi connectivity index (χ2n) is 7.60. The summed E-state index contributed by atoms with van der Waals surface area (Å²) in [6, 6.07) is 15.1. The molecule has 0 fully saturated rings. The van der Waals surface area contributed by atoms with Gasteiger partial charge in [0.25, 0.3) is 11.1 Å². The van der Waals surface area contributed by atoms with Crippen molar-refractivity contribution in [1.82, 2.24) is 18.9 Å². The summed E-state index contributed by atoms with van der Waals surface area (Å²) >= 11 is 2.85. The minimum absolute atomic E-state index is 0.0930. The molecule has 0 aliphatic carbocycles. The van der Waals surface area contributed by atoms with Gasteiger partial charge in [-0.1, -0.05) is 54.2 Å². The van der Waals surface area contributed by atoms with Gasteiger partial charge in [-0.2, -0.15) is 0 Å². The highest BCUT2D eigenvalue weighted by Crippen LogP contribution is 2.32. The van der Waals surface area contributed by atoms with Crippen LogP contribution in [0.15, 0.2) is 87.5 Å². The first-order valence-electron chi connectivity index (χ1n) is 10.4. The molecule has 164 valence electrons. The third-order valence-corrected chi connectivity index (χ3v) is 7.15. The molecule has 0 aliphatic heterocycles. The van der Waals surface area contributed by atoms with Crippen LogP contribution >= 0.6 is 23.1 Å². The van der Waals surface area contributed by atoms with Crippen LogP contribution < -0.4 is 11.1 Å². The number of fused-ring (bicyclic) bond motifs is 2. The summed E-state index contributed by atoms with van der Waals surface area (Å²) in [7, 11) is 0. The summed E-state index contributed by atoms with van der Waals surface area (Å²) in [5, 5.41) is 3.18. The van der Waals surface area contributed by atoms with Crippen molar-refractivity contribution in [3.63, 3.8) is 0 Å². The lowest BCUT2D eigenvalue weighted by Crippen LogP contribution is -2.22. The van der Waals surface area contributed by atoms with E-state index in [2.05, 4.69) is 11.6 Å². The Balaban J connectivity index is 1.54. The third kappa shape index (κ3) is 4.03. The number of nitrogens with zero attached hydrogens (tertiary/aromatic N) is 4. The molecule has 0 radical (unpaired) electrons. The minimum Gasteiger partial charge on any atom is -0.283 e. The molecule has 4 aromatic heterocycles. The molecule has 0 saturated heterocycles. The van der Waals surface area contributed by atoms with Gasteiger partial charge in [-0.3, -0.25) is 18.6 Å². The number of aromatic nitrogens is 4. The zero-order chi connectivity index (χ0) is 22.9. The minimum atomic E-state index is -0.128. The Morgan fingerprint density at radius 1 is 1.12 bits per heavy atom. The van der Waals surface area contributed by atoms with Gasteiger partial charge in [0.15, 0.2) is 5.16 Å². The Kier molecular flexibility index (Phi) is 5.70. The lowest BCUT2D eigenvalue weighted by Gasteiger charge is -2.11. The van der Waals surface area contributed by atoms with E-state index in [1.165, 1.54) is 33.6 Å². The van der Waals surface area contributed by atoms with Crippen LogP contribution in [0.4, 0.5) is 0 Å². The molecular weight excluding hydrogens is 452 g/mol. The number of pyridine rings is 1. The number of aryl methyl sites for hydroxylation is 1. The summed E-state index contributed by atoms with van der Waals surface area (Å²) in [4.78, 5) is 36.1. The smallest absolute Gasteiger partial charge is 0.263 e. The summed E-state index contributed by atoms with van der Waals surface area (Å²) in [6.45, 7) is 6.09. The van der Waals surface area contributed by atoms with E-state index < -0.39 is 0 Å². The topological polar surface area (TPSA) is 69.3 Å². The lowest BCUT2D eigenvalue weighted by molar-refractivity contribution is 0.673. The summed E-state index contributed by atoms with van der Waals surface area (Å²) < 4.78 is 3.18. The van der Waals surface area contributed by atoms with Crippen LogP contribution in [0.3, 0.4) is 0 Å². The van der Waals surface area contributed by atoms with Gasteiger partial charge < -0.3 is 0 Å². The van der Waals surface area contributed by atoms with E-state index in [-0.39, 0.29) is 11.1 Å². The first-order valence-corrected chi connectivity index (χ1v) is 12.2. The Morgan fingerprint density at radius 3 is 2.73 bits per heavy atom. The van der Waals surface area contributed by atoms with Crippen molar-refractivity contribution in [3.05, 3.63) is 105 Å². The van der Waals surface area contributed by atoms with Gasteiger partial charge in [0, 0.05) is 35.5 Å². The molecular formula is C25H20N4O2S2. The van der Waals surface area contributed by atoms with Crippen LogP contribution in [0.2, 0.25) is 0 Å². The molecule has 33 heavy (non-hydrogen) atoms. The van der Waals surface area contributed by atoms with Gasteiger partial charge >= 0.3 is 0 Å². The molecule has 4 heterocycles. The largest absolute Gasteiger partial charge is 0.283 e. The molecule has 1 aromatic carbocycles. The van der Waals surface area contributed by atoms with Gasteiger partial charge in [0.05, 0.1) is 11.1 Å². The summed E-state index contributed by atoms with van der Waals surface area (Å²) in [5.41, 5.74) is 3.89. The molecule has 8 heteroatoms. The Hall–Kier alpha value is -3.49. The molecule has 0 N–H and O–H groups in total. The quantitative estimate of drug-likeness (QED) is 0.199. The van der Waals surface area contributed by atoms with Crippen molar-refractivity contribution in [3.8, 4) is 11.1 Å². The maximum atomic E-state index is 13.5. The maximum Gasteiger partial charge on any atom is 0.263 e. The SMILES string of the molecule is C=CCn1c(SCc2cc(=O)n3cc(C)ccc3n2)nc2scc(-c3ccccc3)c2c1=O. The fraction of sp³-hybridized carbons (Fsp3) is 0.120. The zero-order valence-electron chi connectivity index (χ0n) is 17.9. The molecule has 0 spiro atoms. The normalized spacial score (nSPS) is 11.3. The predicted octanol–water partition coefficient (Wildman–Crippen LogP) is 4.92. The summed E-state index contributed by atoms with van der Waals surface area (Å²) in [6.07, 6.45) is 3.47. The highest BCUT2D eigenvalue weighted by Gasteiger charge is 2.17. The number of rotatable bonds is 6. The highest BCUT2D eigenvalue weighted by molar-refractivity contribution is 7.98. The van der Waals surface area contributed by atoms with Crippen molar-refractivity contribution in [2.24, 2.45) is 0 Å². The van der Waals surface area contributed by atoms with E-state index in [9.17, 15) is 9.59 Å². The van der Waals surface area contributed by atoms with E-state index in [0.717, 1.165) is 16.7 Å². The van der Waals surface area contributed by atoms with Crippen LogP contribution in [0, 0.1) is 6.92 Å². The molecule has 0 aliphatic rings. The molecule has 0 unspecified atom stereocenters. The number of hydrogen-bond acceptors (Lipinski definition) is 6. The molecule has 6 nitrogen and oxygen atoms in total. The van der Waals surface area contributed by atoms with Crippen molar-refractivity contribution in [2.75, 3.05) is 0 Å². The first-order chi connectivity index (χ1) is 16.0. The van der Waals surface area contributed by atoms with Gasteiger partial charge in [0.2, 0.25) is 0 Å². The highest BCUT2D eigenvalue weighted by atomic mass is 32.2. The fourth-order valence-electron chi connectivity index (χ4n) is 3.71. The number of hydrogen-bond donors (Lipinski definition) is 0. The Morgan fingerprint density at radius 2 is 1.94 bits per heavy atom.